The largest absolute Gasteiger partial charge is 0.361 e. The van der Waals surface area contributed by atoms with Crippen LogP contribution in [-0.2, 0) is 0 Å². The zero-order valence-corrected chi connectivity index (χ0v) is 15.7. The molecule has 2 aromatic rings. The third-order valence-corrected chi connectivity index (χ3v) is 4.53. The van der Waals surface area contributed by atoms with Gasteiger partial charge in [-0.05, 0) is 24.6 Å². The van der Waals surface area contributed by atoms with E-state index in [9.17, 15) is 0 Å². The van der Waals surface area contributed by atoms with Crippen LogP contribution in [0.5, 0.6) is 0 Å². The van der Waals surface area contributed by atoms with Gasteiger partial charge >= 0.3 is 0 Å². The van der Waals surface area contributed by atoms with E-state index in [4.69, 9.17) is 16.6 Å². The molecule has 0 bridgehead atoms. The number of aromatic nitrogens is 2. The summed E-state index contributed by atoms with van der Waals surface area (Å²) in [6, 6.07) is 5.89. The molecule has 0 spiro atoms. The van der Waals surface area contributed by atoms with Crippen LogP contribution < -0.4 is 10.2 Å². The highest BCUT2D eigenvalue weighted by molar-refractivity contribution is 6.31. The van der Waals surface area contributed by atoms with Gasteiger partial charge in [-0.3, -0.25) is 4.99 Å². The van der Waals surface area contributed by atoms with Gasteiger partial charge in [0, 0.05) is 61.4 Å². The summed E-state index contributed by atoms with van der Waals surface area (Å²) in [5, 5.41) is 4.28. The zero-order chi connectivity index (χ0) is 16.7. The molecule has 0 fully saturated rings. The van der Waals surface area contributed by atoms with Crippen LogP contribution in [-0.4, -0.2) is 47.9 Å². The lowest BCUT2D eigenvalue weighted by atomic mass is 10.0. The van der Waals surface area contributed by atoms with Gasteiger partial charge in [0.05, 0.1) is 0 Å². The number of aliphatic imine (C=N–C) groups is 1. The summed E-state index contributed by atoms with van der Waals surface area (Å²) in [6.07, 6.45) is 4.76. The van der Waals surface area contributed by atoms with E-state index >= 15 is 0 Å². The second-order valence-corrected chi connectivity index (χ2v) is 6.64. The maximum Gasteiger partial charge on any atom is 0.224 e. The third-order valence-electron chi connectivity index (χ3n) is 4.29. The Bertz CT molecular complexity index is 790. The first kappa shape index (κ1) is 17.8. The fourth-order valence-electron chi connectivity index (χ4n) is 3.14. The lowest BCUT2D eigenvalue weighted by Crippen LogP contribution is -2.46. The number of nitrogens with one attached hydrogen (secondary N) is 1. The summed E-state index contributed by atoms with van der Waals surface area (Å²) in [4.78, 5) is 17.8. The Labute approximate surface area is 158 Å². The van der Waals surface area contributed by atoms with Crippen molar-refractivity contribution in [3.05, 3.63) is 46.7 Å². The molecule has 1 aromatic carbocycles. The minimum Gasteiger partial charge on any atom is -0.361 e. The first-order chi connectivity index (χ1) is 11.6. The van der Waals surface area contributed by atoms with Crippen LogP contribution in [0.2, 0.25) is 5.02 Å². The molecule has 4 rings (SSSR count). The van der Waals surface area contributed by atoms with Crippen LogP contribution in [0, 0.1) is 0 Å². The van der Waals surface area contributed by atoms with Gasteiger partial charge < -0.3 is 15.1 Å². The molecule has 1 unspecified atom stereocenters. The summed E-state index contributed by atoms with van der Waals surface area (Å²) >= 11 is 6.18. The number of hydrogen-bond acceptors (Lipinski definition) is 6. The predicted octanol–water partition coefficient (Wildman–Crippen LogP) is 3.19. The van der Waals surface area contributed by atoms with Crippen molar-refractivity contribution in [2.45, 2.75) is 12.6 Å². The van der Waals surface area contributed by atoms with Crippen LogP contribution in [0.4, 0.5) is 11.6 Å². The number of amidine groups is 1. The molecule has 8 heteroatoms. The molecule has 2 aliphatic heterocycles. The van der Waals surface area contributed by atoms with Gasteiger partial charge in [-0.15, -0.1) is 12.4 Å². The molecule has 0 amide bonds. The van der Waals surface area contributed by atoms with Gasteiger partial charge in [0.2, 0.25) is 5.95 Å². The smallest absolute Gasteiger partial charge is 0.224 e. The second-order valence-electron chi connectivity index (χ2n) is 6.20. The fraction of sp³-hybridized carbons (Fsp3) is 0.353. The second kappa shape index (κ2) is 7.06. The van der Waals surface area contributed by atoms with Crippen LogP contribution in [0.1, 0.15) is 23.7 Å². The molecular formula is C17H20Cl2N6. The fourth-order valence-corrected chi connectivity index (χ4v) is 3.31. The van der Waals surface area contributed by atoms with Crippen LogP contribution in [0.3, 0.4) is 0 Å². The SMILES string of the molecule is CN(C)c1ncc(C2Nc3cc(Cl)ccc3C3=NCCCN32)cn1.Cl. The molecule has 25 heavy (non-hydrogen) atoms. The highest BCUT2D eigenvalue weighted by atomic mass is 35.5. The van der Waals surface area contributed by atoms with Crippen molar-refractivity contribution in [2.75, 3.05) is 37.4 Å². The summed E-state index contributed by atoms with van der Waals surface area (Å²) in [6.45, 7) is 1.81. The van der Waals surface area contributed by atoms with E-state index in [0.29, 0.717) is 11.0 Å². The zero-order valence-electron chi connectivity index (χ0n) is 14.1. The quantitative estimate of drug-likeness (QED) is 0.869. The van der Waals surface area contributed by atoms with Crippen LogP contribution in [0.25, 0.3) is 0 Å². The van der Waals surface area contributed by atoms with Crippen molar-refractivity contribution in [1.29, 1.82) is 0 Å². The Morgan fingerprint density at radius 2 is 2.00 bits per heavy atom. The van der Waals surface area contributed by atoms with Crippen molar-refractivity contribution >= 4 is 41.5 Å². The van der Waals surface area contributed by atoms with Gasteiger partial charge in [-0.1, -0.05) is 11.6 Å². The maximum absolute atomic E-state index is 6.18. The molecule has 0 aliphatic carbocycles. The molecule has 132 valence electrons. The minimum absolute atomic E-state index is 0. The number of rotatable bonds is 2. The molecule has 1 N–H and O–H groups in total. The van der Waals surface area contributed by atoms with E-state index in [2.05, 4.69) is 20.2 Å². The number of nitrogens with zero attached hydrogens (tertiary/aromatic N) is 5. The summed E-state index contributed by atoms with van der Waals surface area (Å²) in [7, 11) is 3.86. The Balaban J connectivity index is 0.00000182. The number of benzene rings is 1. The van der Waals surface area contributed by atoms with Gasteiger partial charge in [0.1, 0.15) is 12.0 Å². The predicted molar refractivity (Wildman–Crippen MR) is 104 cm³/mol. The Morgan fingerprint density at radius 3 is 2.72 bits per heavy atom. The molecule has 0 radical (unpaired) electrons. The average Bonchev–Trinajstić information content (AvgIpc) is 2.61. The molecule has 3 heterocycles. The first-order valence-corrected chi connectivity index (χ1v) is 8.38. The minimum atomic E-state index is -0.0359. The van der Waals surface area contributed by atoms with E-state index < -0.39 is 0 Å². The molecule has 1 atom stereocenters. The van der Waals surface area contributed by atoms with Crippen molar-refractivity contribution < 1.29 is 0 Å². The lowest BCUT2D eigenvalue weighted by molar-refractivity contribution is 0.321. The standard InChI is InChI=1S/C17H19ClN6.ClH/c1-23(2)17-20-9-11(10-21-17)15-22-14-8-12(18)4-5-13(14)16-19-6-3-7-24(15)16;/h4-5,8-10,15,22H,3,6-7H2,1-2H3;1H. The number of anilines is 2. The molecule has 6 nitrogen and oxygen atoms in total. The molecular weight excluding hydrogens is 359 g/mol. The normalized spacial score (nSPS) is 18.3. The van der Waals surface area contributed by atoms with E-state index in [1.54, 1.807) is 0 Å². The van der Waals surface area contributed by atoms with Crippen LogP contribution in [0.15, 0.2) is 35.6 Å². The van der Waals surface area contributed by atoms with Crippen molar-refractivity contribution in [2.24, 2.45) is 4.99 Å². The highest BCUT2D eigenvalue weighted by Gasteiger charge is 2.33. The molecule has 2 aliphatic rings. The van der Waals surface area contributed by atoms with E-state index in [1.165, 1.54) is 0 Å². The third kappa shape index (κ3) is 3.24. The van der Waals surface area contributed by atoms with Gasteiger partial charge in [-0.2, -0.15) is 0 Å². The van der Waals surface area contributed by atoms with Crippen molar-refractivity contribution in [3.63, 3.8) is 0 Å². The highest BCUT2D eigenvalue weighted by Crippen LogP contribution is 2.36. The average molecular weight is 379 g/mol. The molecule has 1 aromatic heterocycles. The van der Waals surface area contributed by atoms with Crippen LogP contribution >= 0.6 is 24.0 Å². The Morgan fingerprint density at radius 1 is 1.24 bits per heavy atom. The lowest BCUT2D eigenvalue weighted by Gasteiger charge is -2.42. The Hall–Kier alpha value is -2.05. The molecule has 0 saturated heterocycles. The number of halogens is 2. The van der Waals surface area contributed by atoms with Gasteiger partial charge in [0.25, 0.3) is 0 Å². The van der Waals surface area contributed by atoms with E-state index in [-0.39, 0.29) is 18.6 Å². The molecule has 0 saturated carbocycles. The van der Waals surface area contributed by atoms with Gasteiger partial charge in [0.15, 0.2) is 0 Å². The maximum atomic E-state index is 6.18. The topological polar surface area (TPSA) is 56.7 Å². The van der Waals surface area contributed by atoms with Crippen molar-refractivity contribution in [3.8, 4) is 0 Å². The monoisotopic (exact) mass is 378 g/mol. The number of hydrogen-bond donors (Lipinski definition) is 1. The number of fused-ring (bicyclic) bond motifs is 3. The van der Waals surface area contributed by atoms with E-state index in [0.717, 1.165) is 42.2 Å². The van der Waals surface area contributed by atoms with Gasteiger partial charge in [-0.25, -0.2) is 9.97 Å². The Kier molecular flexibility index (Phi) is 5.01. The first-order valence-electron chi connectivity index (χ1n) is 8.00. The summed E-state index contributed by atoms with van der Waals surface area (Å²) in [5.74, 6) is 1.72. The van der Waals surface area contributed by atoms with Crippen molar-refractivity contribution in [1.82, 2.24) is 14.9 Å². The summed E-state index contributed by atoms with van der Waals surface area (Å²) < 4.78 is 0. The summed E-state index contributed by atoms with van der Waals surface area (Å²) in [5.41, 5.74) is 3.11. The van der Waals surface area contributed by atoms with E-state index in [1.807, 2.05) is 49.6 Å².